The highest BCUT2D eigenvalue weighted by atomic mass is 28.3. The van der Waals surface area contributed by atoms with Crippen LogP contribution in [-0.2, 0) is 0 Å². The molecule has 1 rings (SSSR count). The summed E-state index contributed by atoms with van der Waals surface area (Å²) in [6.07, 6.45) is 9.90. The van der Waals surface area contributed by atoms with E-state index in [0.29, 0.717) is 0 Å². The molecule has 2 heteroatoms. The highest BCUT2D eigenvalue weighted by molar-refractivity contribution is 6.86. The van der Waals surface area contributed by atoms with Gasteiger partial charge in [0.1, 0.15) is 0 Å². The molecule has 0 aromatic rings. The zero-order chi connectivity index (χ0) is 15.9. The Bertz CT molecular complexity index is 332. The Morgan fingerprint density at radius 1 is 1.14 bits per heavy atom. The molecule has 122 valence electrons. The lowest BCUT2D eigenvalue weighted by molar-refractivity contribution is 0.0136. The van der Waals surface area contributed by atoms with Crippen molar-refractivity contribution in [2.75, 3.05) is 0 Å². The van der Waals surface area contributed by atoms with Gasteiger partial charge in [-0.3, -0.25) is 0 Å². The Labute approximate surface area is 133 Å². The summed E-state index contributed by atoms with van der Waals surface area (Å²) >= 11 is 0. The first kappa shape index (κ1) is 18.7. The zero-order valence-corrected chi connectivity index (χ0v) is 15.6. The second kappa shape index (κ2) is 8.33. The van der Waals surface area contributed by atoms with Crippen LogP contribution in [0.5, 0.6) is 0 Å². The van der Waals surface area contributed by atoms with Gasteiger partial charge < -0.3 is 5.11 Å². The van der Waals surface area contributed by atoms with Gasteiger partial charge in [-0.2, -0.15) is 0 Å². The standard InChI is InChI=1S/C19H36OSi/c1-6-14-21(15-7-2,16-8-3)17(5)18-12-10-11-13-19(18,20)9-4/h9,18,20H,4-8,10-16H2,1-3H3/t18-,19-/m1/s1. The van der Waals surface area contributed by atoms with E-state index in [4.69, 9.17) is 0 Å². The van der Waals surface area contributed by atoms with E-state index >= 15 is 0 Å². The van der Waals surface area contributed by atoms with Crippen molar-refractivity contribution in [2.45, 2.75) is 89.5 Å². The molecule has 0 aromatic carbocycles. The molecule has 1 aliphatic rings. The summed E-state index contributed by atoms with van der Waals surface area (Å²) in [7, 11) is -1.49. The minimum Gasteiger partial charge on any atom is -0.385 e. The summed E-state index contributed by atoms with van der Waals surface area (Å²) in [6.45, 7) is 15.5. The number of hydrogen-bond donors (Lipinski definition) is 1. The summed E-state index contributed by atoms with van der Waals surface area (Å²) < 4.78 is 0. The maximum absolute atomic E-state index is 11.0. The maximum Gasteiger partial charge on any atom is 0.0886 e. The lowest BCUT2D eigenvalue weighted by Crippen LogP contribution is -2.48. The molecule has 1 aliphatic carbocycles. The second-order valence-electron chi connectivity index (χ2n) is 7.05. The molecule has 0 bridgehead atoms. The van der Waals surface area contributed by atoms with Gasteiger partial charge in [0, 0.05) is 5.92 Å². The average Bonchev–Trinajstić information content (AvgIpc) is 2.47. The first-order chi connectivity index (χ1) is 9.99. The van der Waals surface area contributed by atoms with Crippen molar-refractivity contribution in [2.24, 2.45) is 5.92 Å². The lowest BCUT2D eigenvalue weighted by Gasteiger charge is -2.45. The van der Waals surface area contributed by atoms with Gasteiger partial charge in [0.2, 0.25) is 0 Å². The fraction of sp³-hybridized carbons (Fsp3) is 0.789. The van der Waals surface area contributed by atoms with Crippen molar-refractivity contribution >= 4 is 8.07 Å². The normalized spacial score (nSPS) is 26.6. The van der Waals surface area contributed by atoms with Crippen LogP contribution in [-0.4, -0.2) is 18.8 Å². The molecule has 1 saturated carbocycles. The van der Waals surface area contributed by atoms with Crippen LogP contribution in [0.25, 0.3) is 0 Å². The average molecular weight is 309 g/mol. The smallest absolute Gasteiger partial charge is 0.0886 e. The molecule has 0 unspecified atom stereocenters. The predicted molar refractivity (Wildman–Crippen MR) is 97.3 cm³/mol. The summed E-state index contributed by atoms with van der Waals surface area (Å²) in [6, 6.07) is 4.03. The van der Waals surface area contributed by atoms with Gasteiger partial charge >= 0.3 is 0 Å². The summed E-state index contributed by atoms with van der Waals surface area (Å²) in [4.78, 5) is 0. The first-order valence-electron chi connectivity index (χ1n) is 9.05. The lowest BCUT2D eigenvalue weighted by atomic mass is 9.75. The molecule has 2 atom stereocenters. The fourth-order valence-corrected chi connectivity index (χ4v) is 10.3. The van der Waals surface area contributed by atoms with Gasteiger partial charge in [-0.25, -0.2) is 0 Å². The Morgan fingerprint density at radius 3 is 2.10 bits per heavy atom. The zero-order valence-electron chi connectivity index (χ0n) is 14.6. The number of rotatable bonds is 9. The van der Waals surface area contributed by atoms with E-state index < -0.39 is 13.7 Å². The summed E-state index contributed by atoms with van der Waals surface area (Å²) in [5, 5.41) is 12.5. The molecule has 1 nitrogen and oxygen atoms in total. The van der Waals surface area contributed by atoms with Gasteiger partial charge in [0.05, 0.1) is 13.7 Å². The van der Waals surface area contributed by atoms with Gasteiger partial charge in [0.25, 0.3) is 0 Å². The molecule has 0 aliphatic heterocycles. The molecular weight excluding hydrogens is 272 g/mol. The Kier molecular flexibility index (Phi) is 7.42. The van der Waals surface area contributed by atoms with E-state index in [1.54, 1.807) is 0 Å². The quantitative estimate of drug-likeness (QED) is 0.417. The van der Waals surface area contributed by atoms with Gasteiger partial charge in [0.15, 0.2) is 0 Å². The second-order valence-corrected chi connectivity index (χ2v) is 11.8. The van der Waals surface area contributed by atoms with E-state index in [9.17, 15) is 5.11 Å². The molecule has 1 fully saturated rings. The van der Waals surface area contributed by atoms with Crippen molar-refractivity contribution < 1.29 is 5.11 Å². The minimum atomic E-state index is -1.49. The predicted octanol–water partition coefficient (Wildman–Crippen LogP) is 5.87. The minimum absolute atomic E-state index is 0.264. The molecule has 0 radical (unpaired) electrons. The first-order valence-corrected chi connectivity index (χ1v) is 11.7. The van der Waals surface area contributed by atoms with E-state index in [2.05, 4.69) is 33.9 Å². The van der Waals surface area contributed by atoms with Crippen molar-refractivity contribution in [3.05, 3.63) is 24.4 Å². The van der Waals surface area contributed by atoms with Crippen LogP contribution in [0.15, 0.2) is 24.4 Å². The van der Waals surface area contributed by atoms with Crippen molar-refractivity contribution in [1.29, 1.82) is 0 Å². The largest absolute Gasteiger partial charge is 0.385 e. The van der Waals surface area contributed by atoms with Crippen molar-refractivity contribution in [3.63, 3.8) is 0 Å². The molecular formula is C19H36OSi. The summed E-state index contributed by atoms with van der Waals surface area (Å²) in [5.74, 6) is 0.264. The van der Waals surface area contributed by atoms with E-state index in [-0.39, 0.29) is 5.92 Å². The molecule has 0 amide bonds. The van der Waals surface area contributed by atoms with Gasteiger partial charge in [-0.15, -0.1) is 13.2 Å². The highest BCUT2D eigenvalue weighted by Crippen LogP contribution is 2.45. The van der Waals surface area contributed by atoms with Gasteiger partial charge in [-0.1, -0.05) is 82.3 Å². The van der Waals surface area contributed by atoms with Crippen molar-refractivity contribution in [3.8, 4) is 0 Å². The van der Waals surface area contributed by atoms with E-state index in [1.807, 2.05) is 6.08 Å². The van der Waals surface area contributed by atoms with Crippen LogP contribution < -0.4 is 0 Å². The third-order valence-corrected chi connectivity index (χ3v) is 11.6. The Balaban J connectivity index is 3.09. The molecule has 0 saturated heterocycles. The Hall–Kier alpha value is -0.343. The van der Waals surface area contributed by atoms with Crippen molar-refractivity contribution in [1.82, 2.24) is 0 Å². The van der Waals surface area contributed by atoms with E-state index in [0.717, 1.165) is 19.3 Å². The monoisotopic (exact) mass is 308 g/mol. The third-order valence-electron chi connectivity index (χ3n) is 5.56. The molecule has 0 spiro atoms. The SMILES string of the molecule is C=C[C@@]1(O)CCCC[C@@H]1C(=C)[Si](CCC)(CCC)CCC. The molecule has 21 heavy (non-hydrogen) atoms. The fourth-order valence-electron chi connectivity index (χ4n) is 4.56. The van der Waals surface area contributed by atoms with Crippen LogP contribution >= 0.6 is 0 Å². The highest BCUT2D eigenvalue weighted by Gasteiger charge is 2.45. The Morgan fingerprint density at radius 2 is 1.67 bits per heavy atom. The number of hydrogen-bond acceptors (Lipinski definition) is 1. The van der Waals surface area contributed by atoms with Crippen LogP contribution in [0.2, 0.25) is 18.1 Å². The van der Waals surface area contributed by atoms with Crippen LogP contribution in [0.1, 0.15) is 65.7 Å². The molecule has 0 aromatic heterocycles. The molecule has 0 heterocycles. The molecule has 1 N–H and O–H groups in total. The number of aliphatic hydroxyl groups is 1. The third kappa shape index (κ3) is 4.10. The maximum atomic E-state index is 11.0. The van der Waals surface area contributed by atoms with Crippen LogP contribution in [0.4, 0.5) is 0 Å². The summed E-state index contributed by atoms with van der Waals surface area (Å²) in [5.41, 5.74) is -0.692. The van der Waals surface area contributed by atoms with E-state index in [1.165, 1.54) is 49.0 Å². The topological polar surface area (TPSA) is 20.2 Å². The van der Waals surface area contributed by atoms with Gasteiger partial charge in [-0.05, 0) is 12.8 Å². The van der Waals surface area contributed by atoms with Crippen LogP contribution in [0, 0.1) is 5.92 Å². The van der Waals surface area contributed by atoms with Crippen LogP contribution in [0.3, 0.4) is 0 Å².